The highest BCUT2D eigenvalue weighted by molar-refractivity contribution is 5.94. The molecular formula is C14H15N3O5. The summed E-state index contributed by atoms with van der Waals surface area (Å²) in [5, 5.41) is 15.2. The number of nitro benzene ring substituents is 1. The zero-order valence-electron chi connectivity index (χ0n) is 12.3. The average molecular weight is 305 g/mol. The third-order valence-corrected chi connectivity index (χ3v) is 2.53. The van der Waals surface area contributed by atoms with Crippen LogP contribution in [0.25, 0.3) is 5.69 Å². The molecule has 2 rings (SSSR count). The van der Waals surface area contributed by atoms with Crippen molar-refractivity contribution in [1.82, 2.24) is 9.78 Å². The SMILES string of the molecule is CC(C)(C)OOC(=O)c1ccc(-n2cccn2)cc1[N+](=O)[O-]. The van der Waals surface area contributed by atoms with Crippen LogP contribution >= 0.6 is 0 Å². The van der Waals surface area contributed by atoms with Gasteiger partial charge in [0.05, 0.1) is 10.6 Å². The molecule has 22 heavy (non-hydrogen) atoms. The van der Waals surface area contributed by atoms with Crippen LogP contribution in [0.3, 0.4) is 0 Å². The van der Waals surface area contributed by atoms with Crippen LogP contribution in [0.15, 0.2) is 36.7 Å². The number of hydrogen-bond acceptors (Lipinski definition) is 6. The smallest absolute Gasteiger partial charge is 0.292 e. The Bertz CT molecular complexity index is 689. The monoisotopic (exact) mass is 305 g/mol. The Morgan fingerprint density at radius 2 is 2.09 bits per heavy atom. The van der Waals surface area contributed by atoms with E-state index in [1.807, 2.05) is 0 Å². The molecule has 0 unspecified atom stereocenters. The Kier molecular flexibility index (Phi) is 4.22. The van der Waals surface area contributed by atoms with Gasteiger partial charge in [0, 0.05) is 18.5 Å². The lowest BCUT2D eigenvalue weighted by Gasteiger charge is -2.16. The topological polar surface area (TPSA) is 96.5 Å². The highest BCUT2D eigenvalue weighted by Gasteiger charge is 2.25. The molecule has 1 aromatic heterocycles. The van der Waals surface area contributed by atoms with E-state index in [1.165, 1.54) is 22.9 Å². The van der Waals surface area contributed by atoms with E-state index in [-0.39, 0.29) is 11.3 Å². The standard InChI is InChI=1S/C14H15N3O5/c1-14(2,3)22-21-13(18)11-6-5-10(9-12(11)17(19)20)16-8-4-7-15-16/h4-9H,1-3H3. The Morgan fingerprint density at radius 1 is 1.36 bits per heavy atom. The summed E-state index contributed by atoms with van der Waals surface area (Å²) in [5.41, 5.74) is -0.815. The molecule has 0 saturated heterocycles. The summed E-state index contributed by atoms with van der Waals surface area (Å²) in [6, 6.07) is 5.78. The lowest BCUT2D eigenvalue weighted by Crippen LogP contribution is -2.22. The molecule has 0 N–H and O–H groups in total. The molecule has 1 aromatic carbocycles. The van der Waals surface area contributed by atoms with Crippen molar-refractivity contribution < 1.29 is 19.5 Å². The molecule has 0 aliphatic rings. The maximum Gasteiger partial charge on any atom is 0.380 e. The van der Waals surface area contributed by atoms with Gasteiger partial charge in [0.2, 0.25) is 0 Å². The number of nitrogens with zero attached hydrogens (tertiary/aromatic N) is 3. The molecule has 0 atom stereocenters. The maximum atomic E-state index is 11.9. The first-order chi connectivity index (χ1) is 10.3. The Labute approximate surface area is 126 Å². The largest absolute Gasteiger partial charge is 0.380 e. The number of rotatable bonds is 4. The fourth-order valence-electron chi connectivity index (χ4n) is 1.62. The fourth-order valence-corrected chi connectivity index (χ4v) is 1.62. The number of carbonyl (C=O) groups excluding carboxylic acids is 1. The quantitative estimate of drug-likeness (QED) is 0.489. The second kappa shape index (κ2) is 5.94. The highest BCUT2D eigenvalue weighted by Crippen LogP contribution is 2.23. The van der Waals surface area contributed by atoms with Gasteiger partial charge in [-0.2, -0.15) is 9.99 Å². The van der Waals surface area contributed by atoms with Crippen molar-refractivity contribution in [1.29, 1.82) is 0 Å². The van der Waals surface area contributed by atoms with E-state index in [4.69, 9.17) is 4.89 Å². The van der Waals surface area contributed by atoms with Crippen molar-refractivity contribution in [3.8, 4) is 5.69 Å². The number of benzene rings is 1. The predicted molar refractivity (Wildman–Crippen MR) is 76.5 cm³/mol. The molecule has 8 heteroatoms. The van der Waals surface area contributed by atoms with Gasteiger partial charge in [0.1, 0.15) is 11.2 Å². The van der Waals surface area contributed by atoms with Gasteiger partial charge >= 0.3 is 5.97 Å². The highest BCUT2D eigenvalue weighted by atomic mass is 17.2. The molecule has 0 fully saturated rings. The van der Waals surface area contributed by atoms with Gasteiger partial charge in [-0.05, 0) is 39.0 Å². The summed E-state index contributed by atoms with van der Waals surface area (Å²) in [7, 11) is 0. The zero-order valence-corrected chi connectivity index (χ0v) is 12.3. The number of hydrogen-bond donors (Lipinski definition) is 0. The Balaban J connectivity index is 2.32. The van der Waals surface area contributed by atoms with Crippen molar-refractivity contribution in [2.24, 2.45) is 0 Å². The van der Waals surface area contributed by atoms with E-state index in [9.17, 15) is 14.9 Å². The molecule has 0 spiro atoms. The molecule has 1 heterocycles. The van der Waals surface area contributed by atoms with Gasteiger partial charge in [-0.1, -0.05) is 0 Å². The lowest BCUT2D eigenvalue weighted by molar-refractivity contribution is -0.385. The van der Waals surface area contributed by atoms with Crippen LogP contribution < -0.4 is 0 Å². The third kappa shape index (κ3) is 3.67. The van der Waals surface area contributed by atoms with Crippen molar-refractivity contribution in [2.45, 2.75) is 26.4 Å². The molecular weight excluding hydrogens is 290 g/mol. The summed E-state index contributed by atoms with van der Waals surface area (Å²) >= 11 is 0. The second-order valence-electron chi connectivity index (χ2n) is 5.48. The van der Waals surface area contributed by atoms with Crippen LogP contribution in [0.4, 0.5) is 5.69 Å². The van der Waals surface area contributed by atoms with E-state index in [0.29, 0.717) is 5.69 Å². The van der Waals surface area contributed by atoms with Crippen LogP contribution in [0.5, 0.6) is 0 Å². The van der Waals surface area contributed by atoms with Gasteiger partial charge in [0.15, 0.2) is 0 Å². The zero-order chi connectivity index (χ0) is 16.3. The summed E-state index contributed by atoms with van der Waals surface area (Å²) < 4.78 is 1.45. The van der Waals surface area contributed by atoms with Crippen molar-refractivity contribution in [2.75, 3.05) is 0 Å². The minimum absolute atomic E-state index is 0.190. The first-order valence-electron chi connectivity index (χ1n) is 6.46. The van der Waals surface area contributed by atoms with Gasteiger partial charge in [-0.25, -0.2) is 9.48 Å². The summed E-state index contributed by atoms with van der Waals surface area (Å²) in [6.45, 7) is 5.07. The van der Waals surface area contributed by atoms with Crippen LogP contribution in [0.1, 0.15) is 31.1 Å². The van der Waals surface area contributed by atoms with Gasteiger partial charge < -0.3 is 0 Å². The van der Waals surface area contributed by atoms with E-state index < -0.39 is 16.5 Å². The van der Waals surface area contributed by atoms with Gasteiger partial charge in [0.25, 0.3) is 5.69 Å². The molecule has 2 aromatic rings. The summed E-state index contributed by atoms with van der Waals surface area (Å²) in [6.07, 6.45) is 3.19. The number of carbonyl (C=O) groups is 1. The van der Waals surface area contributed by atoms with Gasteiger partial charge in [-0.3, -0.25) is 15.0 Å². The van der Waals surface area contributed by atoms with Crippen molar-refractivity contribution in [3.05, 3.63) is 52.3 Å². The summed E-state index contributed by atoms with van der Waals surface area (Å²) in [4.78, 5) is 32.0. The van der Waals surface area contributed by atoms with E-state index in [1.54, 1.807) is 39.2 Å². The average Bonchev–Trinajstić information content (AvgIpc) is 2.97. The number of nitro groups is 1. The van der Waals surface area contributed by atoms with Crippen LogP contribution in [-0.2, 0) is 9.78 Å². The second-order valence-corrected chi connectivity index (χ2v) is 5.48. The molecule has 0 amide bonds. The Hall–Kier alpha value is -2.74. The summed E-state index contributed by atoms with van der Waals surface area (Å²) in [5.74, 6) is -0.923. The van der Waals surface area contributed by atoms with Gasteiger partial charge in [-0.15, -0.1) is 0 Å². The van der Waals surface area contributed by atoms with Crippen LogP contribution in [0, 0.1) is 10.1 Å². The third-order valence-electron chi connectivity index (χ3n) is 2.53. The van der Waals surface area contributed by atoms with E-state index >= 15 is 0 Å². The maximum absolute atomic E-state index is 11.9. The first-order valence-corrected chi connectivity index (χ1v) is 6.46. The molecule has 8 nitrogen and oxygen atoms in total. The lowest BCUT2D eigenvalue weighted by atomic mass is 10.1. The molecule has 0 saturated carbocycles. The fraction of sp³-hybridized carbons (Fsp3) is 0.286. The predicted octanol–water partition coefficient (Wildman–Crippen LogP) is 2.67. The van der Waals surface area contributed by atoms with E-state index in [0.717, 1.165) is 0 Å². The van der Waals surface area contributed by atoms with Crippen molar-refractivity contribution in [3.63, 3.8) is 0 Å². The molecule has 0 radical (unpaired) electrons. The molecule has 0 bridgehead atoms. The van der Waals surface area contributed by atoms with E-state index in [2.05, 4.69) is 9.99 Å². The Morgan fingerprint density at radius 3 is 2.64 bits per heavy atom. The minimum atomic E-state index is -0.923. The minimum Gasteiger partial charge on any atom is -0.292 e. The van der Waals surface area contributed by atoms with Crippen molar-refractivity contribution >= 4 is 11.7 Å². The van der Waals surface area contributed by atoms with Crippen LogP contribution in [0.2, 0.25) is 0 Å². The molecule has 0 aliphatic heterocycles. The van der Waals surface area contributed by atoms with Crippen LogP contribution in [-0.4, -0.2) is 26.3 Å². The normalized spacial score (nSPS) is 11.2. The number of aromatic nitrogens is 2. The molecule has 0 aliphatic carbocycles. The first kappa shape index (κ1) is 15.6. The molecule has 116 valence electrons.